The maximum atomic E-state index is 14.4. The van der Waals surface area contributed by atoms with Gasteiger partial charge in [-0.25, -0.2) is 9.59 Å². The van der Waals surface area contributed by atoms with Gasteiger partial charge < -0.3 is 56.1 Å². The topological polar surface area (TPSA) is 312 Å². The molecule has 8 rings (SSSR count). The molecule has 90 heavy (non-hydrogen) atoms. The van der Waals surface area contributed by atoms with Crippen LogP contribution in [0.5, 0.6) is 0 Å². The number of amides is 6. The lowest BCUT2D eigenvalue weighted by Gasteiger charge is -2.36. The van der Waals surface area contributed by atoms with Crippen LogP contribution >= 0.6 is 23.2 Å². The summed E-state index contributed by atoms with van der Waals surface area (Å²) in [6.45, 7) is 14.8. The molecule has 494 valence electrons. The first kappa shape index (κ1) is 70.8. The van der Waals surface area contributed by atoms with E-state index in [1.165, 1.54) is 22.6 Å². The first-order chi connectivity index (χ1) is 42.5. The molecule has 2 spiro atoms. The first-order valence-corrected chi connectivity index (χ1v) is 32.7. The number of aliphatic carboxylic acids is 2. The fourth-order valence-electron chi connectivity index (χ4n) is 13.3. The van der Waals surface area contributed by atoms with Gasteiger partial charge in [0.2, 0.25) is 35.4 Å². The number of rotatable bonds is 22. The molecule has 2 saturated heterocycles. The van der Waals surface area contributed by atoms with Gasteiger partial charge in [0.1, 0.15) is 24.2 Å². The number of halogens is 2. The molecule has 24 heteroatoms. The molecule has 6 amide bonds. The van der Waals surface area contributed by atoms with Gasteiger partial charge in [-0.1, -0.05) is 165 Å². The number of benzene rings is 2. The zero-order chi connectivity index (χ0) is 65.9. The zero-order valence-corrected chi connectivity index (χ0v) is 54.8. The van der Waals surface area contributed by atoms with Crippen LogP contribution in [0.25, 0.3) is 0 Å². The number of nitrogens with zero attached hydrogens (tertiary/aromatic N) is 4. The zero-order valence-electron chi connectivity index (χ0n) is 53.2. The van der Waals surface area contributed by atoms with Gasteiger partial charge in [-0.3, -0.25) is 33.6 Å². The summed E-state index contributed by atoms with van der Waals surface area (Å²) in [6.07, 6.45) is 11.6. The van der Waals surface area contributed by atoms with E-state index in [-0.39, 0.29) is 62.4 Å². The second-order valence-corrected chi connectivity index (χ2v) is 28.6. The molecule has 7 N–H and O–H groups in total. The molecule has 22 nitrogen and oxygen atoms in total. The number of carboxylic acid groups (broad SMARTS) is 2. The van der Waals surface area contributed by atoms with Crippen LogP contribution in [0.2, 0.25) is 10.0 Å². The Balaban J connectivity index is 0.000000256. The molecule has 0 bridgehead atoms. The summed E-state index contributed by atoms with van der Waals surface area (Å²) in [5.41, 5.74) is -0.675. The monoisotopic (exact) mass is 1290 g/mol. The number of nitrogens with one attached hydrogen (secondary N) is 4. The van der Waals surface area contributed by atoms with E-state index in [4.69, 9.17) is 32.9 Å². The van der Waals surface area contributed by atoms with E-state index in [0.29, 0.717) is 60.0 Å². The molecule has 4 fully saturated rings. The van der Waals surface area contributed by atoms with Gasteiger partial charge >= 0.3 is 11.9 Å². The van der Waals surface area contributed by atoms with Crippen LogP contribution in [-0.2, 0) is 52.8 Å². The SMILES string of the molecule is CCC[C@H](NC(=O)[C@@H]1C[C@]2(CC(c3cccc(Cl)c3)=NO2)CN1C(=O)[C@@H](NC(=O)CC1CCCCC1)C(C)(C)C)C(=O)C(=O)O.CCC[C@H](NC(=O)[C@@H]1C[C@]2(CC(c3cccc(Cl)c3)=NO2)CN1C(=O)[C@@H](NC(=O)CC1CCCCC1)C(C)(C)C)C(O)C(=O)O. The molecular weight excluding hydrogens is 1200 g/mol. The fourth-order valence-corrected chi connectivity index (χ4v) is 13.7. The van der Waals surface area contributed by atoms with E-state index < -0.39 is 106 Å². The Labute approximate surface area is 537 Å². The average Bonchev–Trinajstić information content (AvgIpc) is 1.62. The molecule has 4 aliphatic heterocycles. The van der Waals surface area contributed by atoms with Crippen molar-refractivity contribution >= 4 is 87.8 Å². The van der Waals surface area contributed by atoms with Crippen molar-refractivity contribution in [2.24, 2.45) is 33.0 Å². The van der Waals surface area contributed by atoms with Crippen molar-refractivity contribution in [3.63, 3.8) is 0 Å². The Hall–Kier alpha value is -6.65. The van der Waals surface area contributed by atoms with Crippen molar-refractivity contribution in [2.45, 2.75) is 237 Å². The van der Waals surface area contributed by atoms with Crippen molar-refractivity contribution < 1.29 is 68.1 Å². The number of likely N-dealkylation sites (tertiary alicyclic amines) is 2. The van der Waals surface area contributed by atoms with E-state index in [1.807, 2.05) is 60.6 Å². The predicted molar refractivity (Wildman–Crippen MR) is 338 cm³/mol. The lowest BCUT2D eigenvalue weighted by molar-refractivity contribution is -0.151. The van der Waals surface area contributed by atoms with Crippen molar-refractivity contribution in [3.05, 3.63) is 69.7 Å². The molecule has 4 heterocycles. The lowest BCUT2D eigenvalue weighted by atomic mass is 9.84. The third-order valence-corrected chi connectivity index (χ3v) is 18.7. The van der Waals surface area contributed by atoms with E-state index in [9.17, 15) is 58.5 Å². The number of ketones is 1. The van der Waals surface area contributed by atoms with Gasteiger partial charge in [-0.15, -0.1) is 0 Å². The largest absolute Gasteiger partial charge is 0.479 e. The second-order valence-electron chi connectivity index (χ2n) is 27.7. The maximum Gasteiger partial charge on any atom is 0.374 e. The summed E-state index contributed by atoms with van der Waals surface area (Å²) in [5, 5.41) is 50.0. The van der Waals surface area contributed by atoms with Gasteiger partial charge in [0.25, 0.3) is 5.78 Å². The number of Topliss-reactive ketones (excluding diaryl/α,β-unsaturated/α-hetero) is 1. The van der Waals surface area contributed by atoms with Gasteiger partial charge in [0.05, 0.1) is 36.6 Å². The number of aliphatic hydroxyl groups excluding tert-OH is 1. The molecule has 9 atom stereocenters. The molecule has 2 saturated carbocycles. The summed E-state index contributed by atoms with van der Waals surface area (Å²) in [4.78, 5) is 133. The number of aliphatic hydroxyl groups is 1. The van der Waals surface area contributed by atoms with Gasteiger partial charge in [-0.05, 0) is 85.5 Å². The Kier molecular flexibility index (Phi) is 24.1. The lowest BCUT2D eigenvalue weighted by Crippen LogP contribution is -2.59. The summed E-state index contributed by atoms with van der Waals surface area (Å²) >= 11 is 12.4. The highest BCUT2D eigenvalue weighted by molar-refractivity contribution is 6.35. The summed E-state index contributed by atoms with van der Waals surface area (Å²) in [6, 6.07) is 8.02. The minimum atomic E-state index is -1.81. The highest BCUT2D eigenvalue weighted by Crippen LogP contribution is 2.43. The van der Waals surface area contributed by atoms with Crippen LogP contribution < -0.4 is 21.3 Å². The van der Waals surface area contributed by atoms with E-state index in [1.54, 1.807) is 43.3 Å². The summed E-state index contributed by atoms with van der Waals surface area (Å²) < 4.78 is 0. The minimum Gasteiger partial charge on any atom is -0.479 e. The smallest absolute Gasteiger partial charge is 0.374 e. The Morgan fingerprint density at radius 1 is 0.611 bits per heavy atom. The van der Waals surface area contributed by atoms with Crippen LogP contribution in [0.15, 0.2) is 58.8 Å². The quantitative estimate of drug-likeness (QED) is 0.0546. The van der Waals surface area contributed by atoms with Crippen LogP contribution in [0, 0.1) is 22.7 Å². The standard InChI is InChI=1S/C33H47ClN4O7.C33H45ClN4O7/c2*1-5-10-23(27(40)31(43)44)35-29(41)25-18-33(17-24(37-45-33)21-13-9-14-22(34)16-21)19-38(25)30(42)28(32(2,3)4)36-26(39)15-20-11-7-6-8-12-20/h9,13-14,16,20,23,25,27-28,40H,5-8,10-12,15,17-19H2,1-4H3,(H,35,41)(H,36,39)(H,43,44);9,13-14,16,20,23,25,28H,5-8,10-12,15,17-19H2,1-4H3,(H,35,41)(H,36,39)(H,43,44)/t23-,25-,27?,28+,33+;23-,25-,28+,33+/m00/s1. The highest BCUT2D eigenvalue weighted by atomic mass is 35.5. The highest BCUT2D eigenvalue weighted by Gasteiger charge is 2.58. The molecule has 0 radical (unpaired) electrons. The number of hydrogen-bond acceptors (Lipinski definition) is 14. The van der Waals surface area contributed by atoms with Crippen LogP contribution in [0.4, 0.5) is 0 Å². The van der Waals surface area contributed by atoms with Gasteiger partial charge in [0.15, 0.2) is 17.3 Å². The number of hydrogen-bond donors (Lipinski definition) is 7. The average molecular weight is 1290 g/mol. The summed E-state index contributed by atoms with van der Waals surface area (Å²) in [5.74, 6) is -6.18. The molecule has 0 aromatic heterocycles. The Morgan fingerprint density at radius 2 is 1.02 bits per heavy atom. The molecule has 2 aromatic rings. The molecule has 2 aliphatic carbocycles. The van der Waals surface area contributed by atoms with Gasteiger partial charge in [-0.2, -0.15) is 0 Å². The maximum absolute atomic E-state index is 14.4. The third-order valence-electron chi connectivity index (χ3n) is 18.2. The minimum absolute atomic E-state index is 0.00782. The number of carbonyl (C=O) groups is 9. The summed E-state index contributed by atoms with van der Waals surface area (Å²) in [7, 11) is 0. The molecular formula is C66H92Cl2N8O14. The molecule has 1 unspecified atom stereocenters. The fraction of sp³-hybridized carbons (Fsp3) is 0.652. The van der Waals surface area contributed by atoms with E-state index >= 15 is 0 Å². The van der Waals surface area contributed by atoms with E-state index in [0.717, 1.165) is 62.5 Å². The van der Waals surface area contributed by atoms with Crippen LogP contribution in [0.3, 0.4) is 0 Å². The molecule has 2 aromatic carbocycles. The Bertz CT molecular complexity index is 3030. The van der Waals surface area contributed by atoms with Crippen molar-refractivity contribution in [3.8, 4) is 0 Å². The third kappa shape index (κ3) is 18.3. The van der Waals surface area contributed by atoms with Crippen LogP contribution in [-0.4, -0.2) is 156 Å². The van der Waals surface area contributed by atoms with E-state index in [2.05, 4.69) is 31.6 Å². The van der Waals surface area contributed by atoms with Crippen molar-refractivity contribution in [2.75, 3.05) is 13.1 Å². The number of carbonyl (C=O) groups excluding carboxylic acids is 7. The Morgan fingerprint density at radius 3 is 1.39 bits per heavy atom. The molecule has 6 aliphatic rings. The van der Waals surface area contributed by atoms with Crippen molar-refractivity contribution in [1.82, 2.24) is 31.1 Å². The van der Waals surface area contributed by atoms with Crippen molar-refractivity contribution in [1.29, 1.82) is 0 Å². The number of carboxylic acids is 2. The normalized spacial score (nSPS) is 23.6. The van der Waals surface area contributed by atoms with Crippen LogP contribution in [0.1, 0.15) is 195 Å². The van der Waals surface area contributed by atoms with Gasteiger partial charge in [0, 0.05) is 59.7 Å². The first-order valence-electron chi connectivity index (χ1n) is 32.0. The second kappa shape index (κ2) is 30.6. The number of oxime groups is 2. The predicted octanol–water partition coefficient (Wildman–Crippen LogP) is 8.28.